The molecule has 1 atom stereocenters. The first-order chi connectivity index (χ1) is 7.28. The zero-order valence-electron chi connectivity index (χ0n) is 8.45. The van der Waals surface area contributed by atoms with Gasteiger partial charge in [0.15, 0.2) is 0 Å². The first-order valence-corrected chi connectivity index (χ1v) is 5.62. The van der Waals surface area contributed by atoms with E-state index < -0.39 is 16.7 Å². The molecule has 8 heteroatoms. The van der Waals surface area contributed by atoms with Crippen LogP contribution in [0, 0.1) is 0 Å². The summed E-state index contributed by atoms with van der Waals surface area (Å²) in [6, 6.07) is 4.45. The van der Waals surface area contributed by atoms with Crippen LogP contribution in [-0.4, -0.2) is 19.3 Å². The number of nitrogens with two attached hydrogens (primary N) is 2. The van der Waals surface area contributed by atoms with Crippen molar-refractivity contribution in [3.8, 4) is 5.75 Å². The van der Waals surface area contributed by atoms with E-state index >= 15 is 0 Å². The van der Waals surface area contributed by atoms with E-state index in [1.807, 2.05) is 0 Å². The molecule has 90 valence electrons. The molecule has 0 spiro atoms. The Bertz CT molecular complexity index is 473. The summed E-state index contributed by atoms with van der Waals surface area (Å²) in [7, 11) is -4.55. The average Bonchev–Trinajstić information content (AvgIpc) is 2.06. The maximum atomic E-state index is 10.4. The Morgan fingerprint density at radius 3 is 2.50 bits per heavy atom. The van der Waals surface area contributed by atoms with Crippen LogP contribution in [0.2, 0.25) is 0 Å². The van der Waals surface area contributed by atoms with Gasteiger partial charge in [0.25, 0.3) is 0 Å². The molecule has 0 aliphatic rings. The van der Waals surface area contributed by atoms with Crippen LogP contribution >= 0.6 is 0 Å². The maximum Gasteiger partial charge on any atom is 0.400 e. The summed E-state index contributed by atoms with van der Waals surface area (Å²) >= 11 is 0. The summed E-state index contributed by atoms with van der Waals surface area (Å²) in [6.45, 7) is 1.30. The summed E-state index contributed by atoms with van der Waals surface area (Å²) in [5.74, 6) is 0.213. The van der Waals surface area contributed by atoms with Gasteiger partial charge in [-0.2, -0.15) is 8.42 Å². The molecule has 0 saturated heterocycles. The fourth-order valence-electron chi connectivity index (χ4n) is 1.04. The number of hydrogen-bond acceptors (Lipinski definition) is 6. The molecule has 0 aliphatic heterocycles. The molecule has 1 aromatic carbocycles. The fourth-order valence-corrected chi connectivity index (χ4v) is 1.43. The summed E-state index contributed by atoms with van der Waals surface area (Å²) in [6.07, 6.45) is -1.19. The third-order valence-electron chi connectivity index (χ3n) is 1.58. The Kier molecular flexibility index (Phi) is 3.58. The lowest BCUT2D eigenvalue weighted by Crippen LogP contribution is -2.21. The van der Waals surface area contributed by atoms with E-state index in [4.69, 9.17) is 20.8 Å². The van der Waals surface area contributed by atoms with Crippen LogP contribution in [0.4, 0.5) is 11.4 Å². The maximum absolute atomic E-state index is 10.4. The van der Waals surface area contributed by atoms with Crippen molar-refractivity contribution < 1.29 is 21.9 Å². The second-order valence-electron chi connectivity index (χ2n) is 3.01. The number of hydrogen-bond donors (Lipinski definition) is 3. The molecule has 0 radical (unpaired) electrons. The first kappa shape index (κ1) is 12.6. The number of benzene rings is 1. The van der Waals surface area contributed by atoms with Gasteiger partial charge in [0.05, 0.1) is 5.69 Å². The highest BCUT2D eigenvalue weighted by molar-refractivity contribution is 7.80. The van der Waals surface area contributed by atoms with Gasteiger partial charge in [0.2, 0.25) is 6.29 Å². The summed E-state index contributed by atoms with van der Waals surface area (Å²) in [5.41, 5.74) is 11.7. The SMILES string of the molecule is CC(Oc1ccc(N)cc1N)OS(=O)(=O)O. The molecule has 1 aromatic rings. The Hall–Kier alpha value is -1.51. The highest BCUT2D eigenvalue weighted by Crippen LogP contribution is 2.24. The van der Waals surface area contributed by atoms with Gasteiger partial charge in [0, 0.05) is 5.69 Å². The van der Waals surface area contributed by atoms with Crippen molar-refractivity contribution in [2.45, 2.75) is 13.2 Å². The minimum atomic E-state index is -4.55. The Balaban J connectivity index is 2.73. The summed E-state index contributed by atoms with van der Waals surface area (Å²) < 4.78 is 38.3. The van der Waals surface area contributed by atoms with Crippen molar-refractivity contribution in [3.63, 3.8) is 0 Å². The van der Waals surface area contributed by atoms with Gasteiger partial charge in [-0.15, -0.1) is 0 Å². The van der Waals surface area contributed by atoms with Gasteiger partial charge in [0.1, 0.15) is 5.75 Å². The Morgan fingerprint density at radius 1 is 1.38 bits per heavy atom. The average molecular weight is 248 g/mol. The standard InChI is InChI=1S/C8H12N2O5S/c1-5(15-16(11,12)13)14-8-3-2-6(9)4-7(8)10/h2-5H,9-10H2,1H3,(H,11,12,13). The van der Waals surface area contributed by atoms with E-state index in [0.29, 0.717) is 5.69 Å². The Labute approximate surface area is 92.9 Å². The van der Waals surface area contributed by atoms with E-state index in [2.05, 4.69) is 4.18 Å². The summed E-state index contributed by atoms with van der Waals surface area (Å²) in [4.78, 5) is 0. The predicted molar refractivity (Wildman–Crippen MR) is 58.0 cm³/mol. The smallest absolute Gasteiger partial charge is 0.400 e. The van der Waals surface area contributed by atoms with Crippen LogP contribution < -0.4 is 16.2 Å². The van der Waals surface area contributed by atoms with Crippen molar-refractivity contribution in [3.05, 3.63) is 18.2 Å². The van der Waals surface area contributed by atoms with Crippen molar-refractivity contribution in [1.82, 2.24) is 0 Å². The highest BCUT2D eigenvalue weighted by atomic mass is 32.3. The number of rotatable bonds is 4. The lowest BCUT2D eigenvalue weighted by atomic mass is 10.2. The quantitative estimate of drug-likeness (QED) is 0.400. The number of nitrogen functional groups attached to an aromatic ring is 2. The van der Waals surface area contributed by atoms with E-state index in [9.17, 15) is 8.42 Å². The molecule has 0 aromatic heterocycles. The van der Waals surface area contributed by atoms with E-state index in [-0.39, 0.29) is 11.4 Å². The topological polar surface area (TPSA) is 125 Å². The molecule has 0 heterocycles. The van der Waals surface area contributed by atoms with Crippen molar-refractivity contribution in [2.24, 2.45) is 0 Å². The molecule has 1 rings (SSSR count). The molecule has 0 aliphatic carbocycles. The third kappa shape index (κ3) is 3.93. The van der Waals surface area contributed by atoms with Crippen LogP contribution in [0.1, 0.15) is 6.92 Å². The summed E-state index contributed by atoms with van der Waals surface area (Å²) in [5, 5.41) is 0. The van der Waals surface area contributed by atoms with E-state index in [1.165, 1.54) is 25.1 Å². The third-order valence-corrected chi connectivity index (χ3v) is 2.10. The van der Waals surface area contributed by atoms with Crippen LogP contribution in [-0.2, 0) is 14.6 Å². The minimum Gasteiger partial charge on any atom is -0.462 e. The molecule has 0 saturated carbocycles. The lowest BCUT2D eigenvalue weighted by molar-refractivity contribution is 0.0194. The van der Waals surface area contributed by atoms with Crippen molar-refractivity contribution >= 4 is 21.8 Å². The van der Waals surface area contributed by atoms with Crippen molar-refractivity contribution in [1.29, 1.82) is 0 Å². The first-order valence-electron chi connectivity index (χ1n) is 4.25. The molecule has 16 heavy (non-hydrogen) atoms. The molecule has 0 bridgehead atoms. The van der Waals surface area contributed by atoms with Gasteiger partial charge in [-0.25, -0.2) is 4.18 Å². The van der Waals surface area contributed by atoms with E-state index in [1.54, 1.807) is 0 Å². The second kappa shape index (κ2) is 4.56. The Morgan fingerprint density at radius 2 is 2.00 bits per heavy atom. The zero-order valence-corrected chi connectivity index (χ0v) is 9.27. The molecule has 1 unspecified atom stereocenters. The van der Waals surface area contributed by atoms with E-state index in [0.717, 1.165) is 0 Å². The lowest BCUT2D eigenvalue weighted by Gasteiger charge is -2.14. The van der Waals surface area contributed by atoms with Gasteiger partial charge in [-0.3, -0.25) is 4.55 Å². The van der Waals surface area contributed by atoms with Gasteiger partial charge in [-0.05, 0) is 25.1 Å². The molecule has 5 N–H and O–H groups in total. The molecular formula is C8H12N2O5S. The molecule has 0 amide bonds. The molecule has 0 fully saturated rings. The number of ether oxygens (including phenoxy) is 1. The van der Waals surface area contributed by atoms with Gasteiger partial charge >= 0.3 is 10.4 Å². The highest BCUT2D eigenvalue weighted by Gasteiger charge is 2.14. The van der Waals surface area contributed by atoms with Crippen LogP contribution in [0.15, 0.2) is 18.2 Å². The van der Waals surface area contributed by atoms with Crippen LogP contribution in [0.5, 0.6) is 5.75 Å². The zero-order chi connectivity index (χ0) is 12.3. The van der Waals surface area contributed by atoms with Crippen LogP contribution in [0.3, 0.4) is 0 Å². The predicted octanol–water partition coefficient (Wildman–Crippen LogP) is 0.395. The van der Waals surface area contributed by atoms with Gasteiger partial charge in [-0.1, -0.05) is 0 Å². The number of anilines is 2. The van der Waals surface area contributed by atoms with Crippen LogP contribution in [0.25, 0.3) is 0 Å². The van der Waals surface area contributed by atoms with Gasteiger partial charge < -0.3 is 16.2 Å². The van der Waals surface area contributed by atoms with Crippen molar-refractivity contribution in [2.75, 3.05) is 11.5 Å². The second-order valence-corrected chi connectivity index (χ2v) is 4.05. The largest absolute Gasteiger partial charge is 0.462 e. The normalized spacial score (nSPS) is 13.4. The molecular weight excluding hydrogens is 236 g/mol. The fraction of sp³-hybridized carbons (Fsp3) is 0.250. The monoisotopic (exact) mass is 248 g/mol. The molecule has 7 nitrogen and oxygen atoms in total. The minimum absolute atomic E-state index is 0.213.